The van der Waals surface area contributed by atoms with Crippen LogP contribution in [0.3, 0.4) is 0 Å². The maximum atomic E-state index is 3.63. The fourth-order valence-corrected chi connectivity index (χ4v) is 0.866. The highest BCUT2D eigenvalue weighted by Gasteiger charge is 1.74. The van der Waals surface area contributed by atoms with Crippen LogP contribution in [0.1, 0.15) is 32.6 Å². The van der Waals surface area contributed by atoms with Crippen LogP contribution in [0.25, 0.3) is 0 Å². The second-order valence-corrected chi connectivity index (χ2v) is 2.64. The van der Waals surface area contributed by atoms with E-state index in [0.29, 0.717) is 0 Å². The van der Waals surface area contributed by atoms with Gasteiger partial charge in [-0.2, -0.15) is 0 Å². The van der Waals surface area contributed by atoms with Crippen LogP contribution in [-0.4, -0.2) is 0 Å². The van der Waals surface area contributed by atoms with Crippen molar-refractivity contribution in [2.45, 2.75) is 32.6 Å². The summed E-state index contributed by atoms with van der Waals surface area (Å²) in [6.45, 7) is 5.78. The molecule has 0 fully saturated rings. The Morgan fingerprint density at radius 1 is 0.917 bits per heavy atom. The van der Waals surface area contributed by atoms with E-state index in [2.05, 4.69) is 44.2 Å². The summed E-state index contributed by atoms with van der Waals surface area (Å²) in [4.78, 5) is 0. The molecule has 0 spiro atoms. The highest BCUT2D eigenvalue weighted by atomic mass is 13.8. The lowest BCUT2D eigenvalue weighted by Crippen LogP contribution is -1.64. The quantitative estimate of drug-likeness (QED) is 0.409. The monoisotopic (exact) mass is 163 g/mol. The van der Waals surface area contributed by atoms with Crippen molar-refractivity contribution in [2.24, 2.45) is 0 Å². The number of hydrogen-bond acceptors (Lipinski definition) is 0. The maximum Gasteiger partial charge on any atom is -0.0169 e. The van der Waals surface area contributed by atoms with Crippen LogP contribution in [0.5, 0.6) is 0 Å². The first-order valence-corrected chi connectivity index (χ1v) is 4.66. The van der Waals surface area contributed by atoms with Crippen LogP contribution in [0.2, 0.25) is 0 Å². The van der Waals surface area contributed by atoms with Crippen molar-refractivity contribution in [1.82, 2.24) is 0 Å². The van der Waals surface area contributed by atoms with Crippen molar-refractivity contribution in [3.8, 4) is 0 Å². The molecule has 67 valence electrons. The van der Waals surface area contributed by atoms with E-state index in [4.69, 9.17) is 0 Å². The van der Waals surface area contributed by atoms with E-state index in [9.17, 15) is 0 Å². The summed E-state index contributed by atoms with van der Waals surface area (Å²) in [6.07, 6.45) is 17.2. The second kappa shape index (κ2) is 10.2. The third-order valence-electron chi connectivity index (χ3n) is 1.51. The van der Waals surface area contributed by atoms with Crippen LogP contribution >= 0.6 is 0 Å². The number of unbranched alkanes of at least 4 members (excludes halogenated alkanes) is 1. The van der Waals surface area contributed by atoms with Gasteiger partial charge in [0.05, 0.1) is 0 Å². The Kier molecular flexibility index (Phi) is 9.56. The first-order valence-electron chi connectivity index (χ1n) is 4.66. The fraction of sp³-hybridized carbons (Fsp3) is 0.417. The van der Waals surface area contributed by atoms with Gasteiger partial charge < -0.3 is 0 Å². The zero-order valence-electron chi connectivity index (χ0n) is 8.00. The van der Waals surface area contributed by atoms with E-state index in [-0.39, 0.29) is 0 Å². The van der Waals surface area contributed by atoms with Gasteiger partial charge in [0, 0.05) is 0 Å². The largest absolute Gasteiger partial charge is 0.0885 e. The third-order valence-corrected chi connectivity index (χ3v) is 1.51. The molecule has 1 radical (unpaired) electrons. The molecule has 0 aromatic heterocycles. The zero-order chi connectivity index (χ0) is 9.07. The highest BCUT2D eigenvalue weighted by molar-refractivity contribution is 4.94. The van der Waals surface area contributed by atoms with Crippen LogP contribution < -0.4 is 0 Å². The minimum atomic E-state index is 1.07. The Morgan fingerprint density at radius 3 is 2.25 bits per heavy atom. The average molecular weight is 163 g/mol. The van der Waals surface area contributed by atoms with Gasteiger partial charge >= 0.3 is 0 Å². The molecule has 0 aliphatic heterocycles. The van der Waals surface area contributed by atoms with Crippen LogP contribution in [0, 0.1) is 6.92 Å². The molecule has 0 aromatic carbocycles. The van der Waals surface area contributed by atoms with Gasteiger partial charge in [-0.1, -0.05) is 43.4 Å². The standard InChI is InChI=1S/C12H19/c1-3-5-7-9-11-12-10-8-6-4-2/h3,5-6,8,11-12H,1,4,7,9-10H2,2H3. The van der Waals surface area contributed by atoms with Gasteiger partial charge in [0.2, 0.25) is 0 Å². The van der Waals surface area contributed by atoms with Gasteiger partial charge in [-0.15, -0.1) is 0 Å². The van der Waals surface area contributed by atoms with Crippen molar-refractivity contribution >= 4 is 0 Å². The zero-order valence-corrected chi connectivity index (χ0v) is 8.00. The average Bonchev–Trinajstić information content (AvgIpc) is 2.10. The number of rotatable bonds is 6. The number of hydrogen-bond donors (Lipinski definition) is 0. The molecule has 0 N–H and O–H groups in total. The molecule has 0 aliphatic rings. The summed E-state index contributed by atoms with van der Waals surface area (Å²) in [6, 6.07) is 0. The predicted octanol–water partition coefficient (Wildman–Crippen LogP) is 4.07. The van der Waals surface area contributed by atoms with Gasteiger partial charge in [-0.3, -0.25) is 0 Å². The van der Waals surface area contributed by atoms with E-state index in [1.807, 2.05) is 6.08 Å². The molecule has 0 atom stereocenters. The first kappa shape index (κ1) is 11.2. The molecule has 0 aliphatic carbocycles. The molecule has 0 amide bonds. The van der Waals surface area contributed by atoms with Gasteiger partial charge in [-0.25, -0.2) is 0 Å². The Morgan fingerprint density at radius 2 is 1.58 bits per heavy atom. The van der Waals surface area contributed by atoms with Crippen molar-refractivity contribution in [3.63, 3.8) is 0 Å². The Labute approximate surface area is 76.7 Å². The molecule has 0 bridgehead atoms. The topological polar surface area (TPSA) is 0 Å². The predicted molar refractivity (Wildman–Crippen MR) is 56.9 cm³/mol. The number of allylic oxidation sites excluding steroid dienone is 6. The maximum absolute atomic E-state index is 3.63. The molecular weight excluding hydrogens is 144 g/mol. The molecule has 0 heterocycles. The minimum absolute atomic E-state index is 1.07. The molecular formula is C12H19. The molecule has 0 heteroatoms. The van der Waals surface area contributed by atoms with E-state index in [1.165, 1.54) is 0 Å². The van der Waals surface area contributed by atoms with E-state index in [1.54, 1.807) is 0 Å². The third kappa shape index (κ3) is 9.22. The van der Waals surface area contributed by atoms with E-state index in [0.717, 1.165) is 25.7 Å². The first-order chi connectivity index (χ1) is 5.91. The lowest BCUT2D eigenvalue weighted by Gasteiger charge is -1.85. The molecule has 0 unspecified atom stereocenters. The molecule has 0 rings (SSSR count). The lowest BCUT2D eigenvalue weighted by atomic mass is 10.2. The van der Waals surface area contributed by atoms with Crippen molar-refractivity contribution in [3.05, 3.63) is 43.4 Å². The summed E-state index contributed by atoms with van der Waals surface area (Å²) in [5.41, 5.74) is 0. The van der Waals surface area contributed by atoms with Gasteiger partial charge in [-0.05, 0) is 32.6 Å². The summed E-state index contributed by atoms with van der Waals surface area (Å²) in [5, 5.41) is 0. The van der Waals surface area contributed by atoms with E-state index >= 15 is 0 Å². The van der Waals surface area contributed by atoms with Crippen LogP contribution in [0.4, 0.5) is 0 Å². The SMILES string of the molecule is [CH2]C=CCCC=CCC=CCC. The van der Waals surface area contributed by atoms with Gasteiger partial charge in [0.25, 0.3) is 0 Å². The molecule has 0 saturated carbocycles. The molecule has 0 nitrogen and oxygen atoms in total. The van der Waals surface area contributed by atoms with Crippen LogP contribution in [0.15, 0.2) is 36.5 Å². The van der Waals surface area contributed by atoms with Crippen molar-refractivity contribution in [1.29, 1.82) is 0 Å². The van der Waals surface area contributed by atoms with Crippen molar-refractivity contribution < 1.29 is 0 Å². The summed E-state index contributed by atoms with van der Waals surface area (Å²) in [7, 11) is 0. The summed E-state index contributed by atoms with van der Waals surface area (Å²) >= 11 is 0. The highest BCUT2D eigenvalue weighted by Crippen LogP contribution is 1.95. The lowest BCUT2D eigenvalue weighted by molar-refractivity contribution is 1.04. The summed E-state index contributed by atoms with van der Waals surface area (Å²) in [5.74, 6) is 0. The molecule has 12 heavy (non-hydrogen) atoms. The smallest absolute Gasteiger partial charge is 0.0169 e. The van der Waals surface area contributed by atoms with E-state index < -0.39 is 0 Å². The second-order valence-electron chi connectivity index (χ2n) is 2.64. The van der Waals surface area contributed by atoms with Gasteiger partial charge in [0.1, 0.15) is 0 Å². The minimum Gasteiger partial charge on any atom is -0.0885 e. The Hall–Kier alpha value is -0.780. The molecule has 0 saturated heterocycles. The normalized spacial score (nSPS) is 12.5. The van der Waals surface area contributed by atoms with Gasteiger partial charge in [0.15, 0.2) is 0 Å². The Balaban J connectivity index is 3.19. The fourth-order valence-electron chi connectivity index (χ4n) is 0.866. The summed E-state index contributed by atoms with van der Waals surface area (Å²) < 4.78 is 0. The van der Waals surface area contributed by atoms with Crippen LogP contribution in [-0.2, 0) is 0 Å². The Bertz CT molecular complexity index is 149. The van der Waals surface area contributed by atoms with Crippen molar-refractivity contribution in [2.75, 3.05) is 0 Å². The molecule has 0 aromatic rings.